The average molecular weight is 254 g/mol. The molecule has 0 aliphatic heterocycles. The van der Waals surface area contributed by atoms with Crippen LogP contribution in [0.2, 0.25) is 0 Å². The van der Waals surface area contributed by atoms with Crippen molar-refractivity contribution < 1.29 is 4.79 Å². The Bertz CT molecular complexity index is 283. The van der Waals surface area contributed by atoms with Crippen molar-refractivity contribution in [3.63, 3.8) is 0 Å². The Morgan fingerprint density at radius 3 is 2.11 bits per heavy atom. The van der Waals surface area contributed by atoms with Crippen LogP contribution in [0.25, 0.3) is 0 Å². The standard InChI is InChI=1S/C15H30N2O/c1-11-6-8-12(9-7-11)10-17-13(18)14(2,3)15(4,5)16/h11-12H,6-10,16H2,1-5H3,(H,17,18). The van der Waals surface area contributed by atoms with Gasteiger partial charge in [0.1, 0.15) is 0 Å². The first kappa shape index (κ1) is 15.5. The largest absolute Gasteiger partial charge is 0.355 e. The molecule has 1 amide bonds. The second-order valence-electron chi connectivity index (χ2n) is 7.18. The minimum Gasteiger partial charge on any atom is -0.355 e. The average Bonchev–Trinajstić information content (AvgIpc) is 2.26. The molecule has 0 bridgehead atoms. The van der Waals surface area contributed by atoms with E-state index in [2.05, 4.69) is 12.2 Å². The van der Waals surface area contributed by atoms with Crippen molar-refractivity contribution >= 4 is 5.91 Å². The maximum absolute atomic E-state index is 12.2. The SMILES string of the molecule is CC1CCC(CNC(=O)C(C)(C)C(C)(C)N)CC1. The van der Waals surface area contributed by atoms with Gasteiger partial charge in [0.05, 0.1) is 5.41 Å². The number of nitrogens with one attached hydrogen (secondary N) is 1. The quantitative estimate of drug-likeness (QED) is 0.810. The number of amides is 1. The molecule has 3 heteroatoms. The third-order valence-electron chi connectivity index (χ3n) is 4.87. The third kappa shape index (κ3) is 3.71. The van der Waals surface area contributed by atoms with E-state index in [1.807, 2.05) is 27.7 Å². The highest BCUT2D eigenvalue weighted by atomic mass is 16.2. The van der Waals surface area contributed by atoms with Crippen LogP contribution in [-0.4, -0.2) is 18.0 Å². The molecule has 0 saturated heterocycles. The fourth-order valence-electron chi connectivity index (χ4n) is 2.28. The monoisotopic (exact) mass is 254 g/mol. The molecule has 0 spiro atoms. The lowest BCUT2D eigenvalue weighted by Crippen LogP contribution is -2.56. The number of rotatable bonds is 4. The topological polar surface area (TPSA) is 55.1 Å². The van der Waals surface area contributed by atoms with Crippen LogP contribution in [0.15, 0.2) is 0 Å². The molecule has 3 N–H and O–H groups in total. The van der Waals surface area contributed by atoms with Gasteiger partial charge in [-0.2, -0.15) is 0 Å². The Morgan fingerprint density at radius 1 is 1.17 bits per heavy atom. The molecule has 18 heavy (non-hydrogen) atoms. The predicted octanol–water partition coefficient (Wildman–Crippen LogP) is 2.69. The van der Waals surface area contributed by atoms with Crippen molar-refractivity contribution in [2.45, 2.75) is 65.8 Å². The number of hydrogen-bond donors (Lipinski definition) is 2. The summed E-state index contributed by atoms with van der Waals surface area (Å²) in [5, 5.41) is 3.10. The summed E-state index contributed by atoms with van der Waals surface area (Å²) in [5.41, 5.74) is 5.05. The Balaban J connectivity index is 2.42. The fourth-order valence-corrected chi connectivity index (χ4v) is 2.28. The summed E-state index contributed by atoms with van der Waals surface area (Å²) in [6, 6.07) is 0. The van der Waals surface area contributed by atoms with E-state index in [4.69, 9.17) is 5.73 Å². The number of carbonyl (C=O) groups is 1. The van der Waals surface area contributed by atoms with E-state index in [0.29, 0.717) is 5.92 Å². The van der Waals surface area contributed by atoms with Gasteiger partial charge in [0.15, 0.2) is 0 Å². The summed E-state index contributed by atoms with van der Waals surface area (Å²) in [6.07, 6.45) is 5.08. The van der Waals surface area contributed by atoms with Crippen molar-refractivity contribution in [2.24, 2.45) is 23.0 Å². The fraction of sp³-hybridized carbons (Fsp3) is 0.933. The molecule has 1 rings (SSSR count). The van der Waals surface area contributed by atoms with Crippen LogP contribution in [0.4, 0.5) is 0 Å². The maximum Gasteiger partial charge on any atom is 0.227 e. The third-order valence-corrected chi connectivity index (χ3v) is 4.87. The van der Waals surface area contributed by atoms with Crippen molar-refractivity contribution in [1.82, 2.24) is 5.32 Å². The Morgan fingerprint density at radius 2 is 1.67 bits per heavy atom. The van der Waals surface area contributed by atoms with Crippen LogP contribution in [0.1, 0.15) is 60.3 Å². The molecule has 1 fully saturated rings. The van der Waals surface area contributed by atoms with E-state index in [-0.39, 0.29) is 5.91 Å². The summed E-state index contributed by atoms with van der Waals surface area (Å²) in [5.74, 6) is 1.59. The van der Waals surface area contributed by atoms with Gasteiger partial charge >= 0.3 is 0 Å². The first-order chi connectivity index (χ1) is 8.14. The van der Waals surface area contributed by atoms with Crippen LogP contribution in [0.3, 0.4) is 0 Å². The highest BCUT2D eigenvalue weighted by Crippen LogP contribution is 2.30. The molecule has 1 aliphatic rings. The van der Waals surface area contributed by atoms with Gasteiger partial charge in [0, 0.05) is 12.1 Å². The van der Waals surface area contributed by atoms with Crippen molar-refractivity contribution in [2.75, 3.05) is 6.54 Å². The van der Waals surface area contributed by atoms with Gasteiger partial charge in [-0.1, -0.05) is 19.8 Å². The molecule has 106 valence electrons. The van der Waals surface area contributed by atoms with Gasteiger partial charge in [0.25, 0.3) is 0 Å². The number of hydrogen-bond acceptors (Lipinski definition) is 2. The van der Waals surface area contributed by atoms with E-state index < -0.39 is 11.0 Å². The van der Waals surface area contributed by atoms with Gasteiger partial charge < -0.3 is 11.1 Å². The molecule has 0 aromatic heterocycles. The smallest absolute Gasteiger partial charge is 0.227 e. The zero-order valence-corrected chi connectivity index (χ0v) is 12.7. The summed E-state index contributed by atoms with van der Waals surface area (Å²) >= 11 is 0. The second kappa shape index (κ2) is 5.60. The van der Waals surface area contributed by atoms with Gasteiger partial charge in [-0.3, -0.25) is 4.79 Å². The Labute approximate surface area is 112 Å². The zero-order valence-electron chi connectivity index (χ0n) is 12.7. The van der Waals surface area contributed by atoms with Gasteiger partial charge in [-0.15, -0.1) is 0 Å². The van der Waals surface area contributed by atoms with E-state index in [0.717, 1.165) is 12.5 Å². The first-order valence-electron chi connectivity index (χ1n) is 7.21. The molecular formula is C15H30N2O. The summed E-state index contributed by atoms with van der Waals surface area (Å²) in [6.45, 7) is 10.8. The van der Waals surface area contributed by atoms with Gasteiger partial charge in [-0.05, 0) is 52.4 Å². The predicted molar refractivity (Wildman–Crippen MR) is 76.2 cm³/mol. The van der Waals surface area contributed by atoms with E-state index in [1.165, 1.54) is 25.7 Å². The zero-order chi connectivity index (χ0) is 14.0. The summed E-state index contributed by atoms with van der Waals surface area (Å²) < 4.78 is 0. The Hall–Kier alpha value is -0.570. The van der Waals surface area contributed by atoms with Crippen molar-refractivity contribution in [3.05, 3.63) is 0 Å². The molecule has 0 aromatic rings. The van der Waals surface area contributed by atoms with Gasteiger partial charge in [0.2, 0.25) is 5.91 Å². The molecule has 3 nitrogen and oxygen atoms in total. The molecule has 0 heterocycles. The molecule has 1 aliphatic carbocycles. The summed E-state index contributed by atoms with van der Waals surface area (Å²) in [7, 11) is 0. The van der Waals surface area contributed by atoms with E-state index in [1.54, 1.807) is 0 Å². The molecule has 1 saturated carbocycles. The van der Waals surface area contributed by atoms with E-state index in [9.17, 15) is 4.79 Å². The lowest BCUT2D eigenvalue weighted by Gasteiger charge is -2.37. The Kier molecular flexibility index (Phi) is 4.82. The molecule has 0 radical (unpaired) electrons. The lowest BCUT2D eigenvalue weighted by atomic mass is 9.74. The number of nitrogens with two attached hydrogens (primary N) is 1. The molecular weight excluding hydrogens is 224 g/mol. The highest BCUT2D eigenvalue weighted by molar-refractivity contribution is 5.83. The molecule has 0 aromatic carbocycles. The van der Waals surface area contributed by atoms with Crippen molar-refractivity contribution in [1.29, 1.82) is 0 Å². The van der Waals surface area contributed by atoms with Crippen molar-refractivity contribution in [3.8, 4) is 0 Å². The van der Waals surface area contributed by atoms with Crippen LogP contribution in [-0.2, 0) is 4.79 Å². The normalized spacial score (nSPS) is 25.9. The van der Waals surface area contributed by atoms with Gasteiger partial charge in [-0.25, -0.2) is 0 Å². The number of carbonyl (C=O) groups excluding carboxylic acids is 1. The minimum absolute atomic E-state index is 0.0774. The highest BCUT2D eigenvalue weighted by Gasteiger charge is 2.40. The molecule has 0 unspecified atom stereocenters. The minimum atomic E-state index is -0.533. The summed E-state index contributed by atoms with van der Waals surface area (Å²) in [4.78, 5) is 12.2. The van der Waals surface area contributed by atoms with Crippen LogP contribution in [0, 0.1) is 17.3 Å². The maximum atomic E-state index is 12.2. The van der Waals surface area contributed by atoms with Crippen LogP contribution in [0.5, 0.6) is 0 Å². The lowest BCUT2D eigenvalue weighted by molar-refractivity contribution is -0.132. The van der Waals surface area contributed by atoms with Crippen LogP contribution < -0.4 is 11.1 Å². The molecule has 0 atom stereocenters. The van der Waals surface area contributed by atoms with E-state index >= 15 is 0 Å². The first-order valence-corrected chi connectivity index (χ1v) is 7.21. The van der Waals surface area contributed by atoms with Crippen LogP contribution >= 0.6 is 0 Å². The second-order valence-corrected chi connectivity index (χ2v) is 7.18.